The van der Waals surface area contributed by atoms with E-state index < -0.39 is 0 Å². The Balaban J connectivity index is 1.36. The molecule has 0 atom stereocenters. The lowest BCUT2D eigenvalue weighted by Gasteiger charge is -2.36. The van der Waals surface area contributed by atoms with Crippen molar-refractivity contribution in [2.24, 2.45) is 0 Å². The smallest absolute Gasteiger partial charge is 0.204 e. The molecule has 1 aliphatic heterocycles. The van der Waals surface area contributed by atoms with E-state index in [-0.39, 0.29) is 0 Å². The average Bonchev–Trinajstić information content (AvgIpc) is 3.18. The van der Waals surface area contributed by atoms with E-state index in [1.54, 1.807) is 11.9 Å². The van der Waals surface area contributed by atoms with E-state index in [1.807, 2.05) is 42.5 Å². The van der Waals surface area contributed by atoms with Crippen molar-refractivity contribution in [3.63, 3.8) is 0 Å². The van der Waals surface area contributed by atoms with Gasteiger partial charge in [-0.15, -0.1) is 15.0 Å². The summed E-state index contributed by atoms with van der Waals surface area (Å²) in [5.74, 6) is 1.59. The van der Waals surface area contributed by atoms with Gasteiger partial charge in [-0.25, -0.2) is 0 Å². The zero-order chi connectivity index (χ0) is 17.8. The van der Waals surface area contributed by atoms with Crippen molar-refractivity contribution >= 4 is 5.69 Å². The van der Waals surface area contributed by atoms with Gasteiger partial charge in [0.1, 0.15) is 12.4 Å². The molecule has 2 aromatic carbocycles. The molecule has 7 heteroatoms. The second-order valence-electron chi connectivity index (χ2n) is 6.27. The number of piperazine rings is 1. The summed E-state index contributed by atoms with van der Waals surface area (Å²) in [5.41, 5.74) is 2.14. The van der Waals surface area contributed by atoms with Gasteiger partial charge in [-0.2, -0.15) is 0 Å². The van der Waals surface area contributed by atoms with Crippen LogP contribution in [-0.2, 0) is 6.67 Å². The fraction of sp³-hybridized carbons (Fsp3) is 0.316. The minimum Gasteiger partial charge on any atom is -0.495 e. The van der Waals surface area contributed by atoms with Crippen molar-refractivity contribution in [1.29, 1.82) is 0 Å². The SMILES string of the molecule is COc1ccccc1N1CCN(Cn2nnc(-c3ccccc3)n2)CC1. The molecule has 3 aromatic rings. The molecule has 2 heterocycles. The first-order valence-electron chi connectivity index (χ1n) is 8.77. The molecule has 0 aliphatic carbocycles. The highest BCUT2D eigenvalue weighted by molar-refractivity contribution is 5.58. The fourth-order valence-corrected chi connectivity index (χ4v) is 3.21. The van der Waals surface area contributed by atoms with E-state index in [1.165, 1.54) is 0 Å². The Bertz CT molecular complexity index is 842. The number of rotatable bonds is 5. The molecule has 0 spiro atoms. The first-order chi connectivity index (χ1) is 12.8. The molecular weight excluding hydrogens is 328 g/mol. The molecule has 1 aromatic heterocycles. The van der Waals surface area contributed by atoms with Crippen LogP contribution in [0.3, 0.4) is 0 Å². The van der Waals surface area contributed by atoms with Crippen molar-refractivity contribution in [2.75, 3.05) is 38.2 Å². The molecule has 134 valence electrons. The van der Waals surface area contributed by atoms with Gasteiger partial charge in [-0.1, -0.05) is 42.5 Å². The lowest BCUT2D eigenvalue weighted by atomic mass is 10.2. The van der Waals surface area contributed by atoms with Gasteiger partial charge in [0.25, 0.3) is 0 Å². The Morgan fingerprint density at radius 2 is 1.65 bits per heavy atom. The topological polar surface area (TPSA) is 59.3 Å². The first-order valence-corrected chi connectivity index (χ1v) is 8.77. The van der Waals surface area contributed by atoms with Crippen LogP contribution in [0.5, 0.6) is 5.75 Å². The molecule has 0 radical (unpaired) electrons. The van der Waals surface area contributed by atoms with E-state index in [4.69, 9.17) is 4.74 Å². The monoisotopic (exact) mass is 350 g/mol. The minimum atomic E-state index is 0.652. The van der Waals surface area contributed by atoms with Crippen molar-refractivity contribution in [2.45, 2.75) is 6.67 Å². The maximum Gasteiger partial charge on any atom is 0.204 e. The summed E-state index contributed by atoms with van der Waals surface area (Å²) in [5, 5.41) is 12.9. The van der Waals surface area contributed by atoms with Crippen molar-refractivity contribution in [3.05, 3.63) is 54.6 Å². The van der Waals surface area contributed by atoms with Gasteiger partial charge in [0, 0.05) is 31.7 Å². The standard InChI is InChI=1S/C19H22N6O/c1-26-18-10-6-5-9-17(18)24-13-11-23(12-14-24)15-25-21-19(20-22-25)16-7-3-2-4-8-16/h2-10H,11-15H2,1H3. The van der Waals surface area contributed by atoms with E-state index in [9.17, 15) is 0 Å². The third-order valence-corrected chi connectivity index (χ3v) is 4.61. The number of aromatic nitrogens is 4. The summed E-state index contributed by atoms with van der Waals surface area (Å²) >= 11 is 0. The zero-order valence-corrected chi connectivity index (χ0v) is 14.8. The molecule has 0 N–H and O–H groups in total. The lowest BCUT2D eigenvalue weighted by molar-refractivity contribution is 0.182. The van der Waals surface area contributed by atoms with E-state index in [0.717, 1.165) is 43.2 Å². The van der Waals surface area contributed by atoms with E-state index in [2.05, 4.69) is 37.3 Å². The molecule has 0 saturated carbocycles. The Morgan fingerprint density at radius 3 is 2.42 bits per heavy atom. The summed E-state index contributed by atoms with van der Waals surface area (Å²) in [6, 6.07) is 18.1. The fourth-order valence-electron chi connectivity index (χ4n) is 3.21. The van der Waals surface area contributed by atoms with Crippen LogP contribution in [0.4, 0.5) is 5.69 Å². The summed E-state index contributed by atoms with van der Waals surface area (Å²) in [6.07, 6.45) is 0. The molecule has 26 heavy (non-hydrogen) atoms. The van der Waals surface area contributed by atoms with Gasteiger partial charge in [-0.3, -0.25) is 4.90 Å². The number of ether oxygens (including phenoxy) is 1. The van der Waals surface area contributed by atoms with Crippen LogP contribution in [0.15, 0.2) is 54.6 Å². The number of anilines is 1. The number of benzene rings is 2. The molecule has 1 saturated heterocycles. The van der Waals surface area contributed by atoms with Gasteiger partial charge in [0.2, 0.25) is 5.82 Å². The van der Waals surface area contributed by atoms with Gasteiger partial charge in [-0.05, 0) is 17.3 Å². The lowest BCUT2D eigenvalue weighted by Crippen LogP contribution is -2.47. The first kappa shape index (κ1) is 16.5. The van der Waals surface area contributed by atoms with Crippen LogP contribution in [0.25, 0.3) is 11.4 Å². The van der Waals surface area contributed by atoms with Crippen LogP contribution in [0, 0.1) is 0 Å². The molecule has 7 nitrogen and oxygen atoms in total. The van der Waals surface area contributed by atoms with Crippen molar-refractivity contribution in [3.8, 4) is 17.1 Å². The maximum atomic E-state index is 5.48. The summed E-state index contributed by atoms with van der Waals surface area (Å²) in [4.78, 5) is 6.36. The highest BCUT2D eigenvalue weighted by Gasteiger charge is 2.20. The molecule has 0 amide bonds. The van der Waals surface area contributed by atoms with Crippen molar-refractivity contribution < 1.29 is 4.74 Å². The zero-order valence-electron chi connectivity index (χ0n) is 14.8. The molecular formula is C19H22N6O. The van der Waals surface area contributed by atoms with Crippen LogP contribution >= 0.6 is 0 Å². The Labute approximate surface area is 152 Å². The average molecular weight is 350 g/mol. The molecule has 4 rings (SSSR count). The van der Waals surface area contributed by atoms with Gasteiger partial charge in [0.05, 0.1) is 12.8 Å². The van der Waals surface area contributed by atoms with Gasteiger partial charge in [0.15, 0.2) is 0 Å². The summed E-state index contributed by atoms with van der Waals surface area (Å²) in [7, 11) is 1.72. The second-order valence-corrected chi connectivity index (χ2v) is 6.27. The van der Waals surface area contributed by atoms with Crippen LogP contribution in [0.2, 0.25) is 0 Å². The second kappa shape index (κ2) is 7.53. The molecule has 1 aliphatic rings. The van der Waals surface area contributed by atoms with Crippen LogP contribution in [-0.4, -0.2) is 58.4 Å². The molecule has 0 bridgehead atoms. The third kappa shape index (κ3) is 3.52. The molecule has 0 unspecified atom stereocenters. The number of nitrogens with zero attached hydrogens (tertiary/aromatic N) is 6. The Kier molecular flexibility index (Phi) is 4.79. The minimum absolute atomic E-state index is 0.652. The Morgan fingerprint density at radius 1 is 0.923 bits per heavy atom. The van der Waals surface area contributed by atoms with Gasteiger partial charge >= 0.3 is 0 Å². The number of methoxy groups -OCH3 is 1. The summed E-state index contributed by atoms with van der Waals surface area (Å²) < 4.78 is 5.48. The number of tetrazole rings is 1. The van der Waals surface area contributed by atoms with Crippen LogP contribution < -0.4 is 9.64 Å². The summed E-state index contributed by atoms with van der Waals surface area (Å²) in [6.45, 7) is 4.43. The number of para-hydroxylation sites is 2. The quantitative estimate of drug-likeness (QED) is 0.703. The maximum absolute atomic E-state index is 5.48. The van der Waals surface area contributed by atoms with E-state index in [0.29, 0.717) is 12.5 Å². The van der Waals surface area contributed by atoms with Gasteiger partial charge < -0.3 is 9.64 Å². The third-order valence-electron chi connectivity index (χ3n) is 4.61. The highest BCUT2D eigenvalue weighted by atomic mass is 16.5. The predicted octanol–water partition coefficient (Wildman–Crippen LogP) is 2.13. The number of hydrogen-bond acceptors (Lipinski definition) is 6. The molecule has 1 fully saturated rings. The van der Waals surface area contributed by atoms with Crippen molar-refractivity contribution in [1.82, 2.24) is 25.1 Å². The highest BCUT2D eigenvalue weighted by Crippen LogP contribution is 2.28. The van der Waals surface area contributed by atoms with Crippen LogP contribution in [0.1, 0.15) is 0 Å². The largest absolute Gasteiger partial charge is 0.495 e. The normalized spacial score (nSPS) is 15.2. The Hall–Kier alpha value is -2.93. The number of hydrogen-bond donors (Lipinski definition) is 0. The predicted molar refractivity (Wildman–Crippen MR) is 100 cm³/mol. The van der Waals surface area contributed by atoms with E-state index >= 15 is 0 Å².